The molecule has 0 aromatic rings. The number of aliphatic imine (C=N–C) groups is 1. The molecule has 1 aliphatic heterocycles. The molecule has 1 nitrogen and oxygen atoms in total. The lowest BCUT2D eigenvalue weighted by atomic mass is 10.1. The predicted molar refractivity (Wildman–Crippen MR) is 76.6 cm³/mol. The van der Waals surface area contributed by atoms with Crippen molar-refractivity contribution in [3.05, 3.63) is 0 Å². The fourth-order valence-corrected chi connectivity index (χ4v) is 3.60. The van der Waals surface area contributed by atoms with Gasteiger partial charge in [-0.05, 0) is 19.8 Å². The van der Waals surface area contributed by atoms with E-state index in [-0.39, 0.29) is 0 Å². The first-order valence-electron chi connectivity index (χ1n) is 7.00. The van der Waals surface area contributed by atoms with E-state index in [1.54, 1.807) is 0 Å². The van der Waals surface area contributed by atoms with Crippen LogP contribution >= 0.6 is 11.8 Å². The first kappa shape index (κ1) is 14.1. The van der Waals surface area contributed by atoms with Crippen LogP contribution in [0.3, 0.4) is 0 Å². The van der Waals surface area contributed by atoms with E-state index >= 15 is 0 Å². The standard InChI is InChI=1S/C14H27NS/c1-4-6-7-8-9-10-11-14-15-13(5-2)12(3)16-14/h12,14H,4-11H2,1-3H3/t12-,14-/m1/s1. The molecule has 0 aromatic heterocycles. The highest BCUT2D eigenvalue weighted by Gasteiger charge is 2.23. The van der Waals surface area contributed by atoms with Crippen LogP contribution < -0.4 is 0 Å². The molecule has 0 spiro atoms. The van der Waals surface area contributed by atoms with Crippen LogP contribution in [0.1, 0.15) is 72.1 Å². The van der Waals surface area contributed by atoms with Gasteiger partial charge < -0.3 is 0 Å². The maximum atomic E-state index is 4.80. The Morgan fingerprint density at radius 1 is 1.06 bits per heavy atom. The molecule has 0 bridgehead atoms. The van der Waals surface area contributed by atoms with Gasteiger partial charge >= 0.3 is 0 Å². The minimum absolute atomic E-state index is 0.580. The molecule has 0 amide bonds. The number of hydrogen-bond acceptors (Lipinski definition) is 2. The van der Waals surface area contributed by atoms with Crippen LogP contribution in [0, 0.1) is 0 Å². The zero-order valence-electron chi connectivity index (χ0n) is 11.2. The van der Waals surface area contributed by atoms with Crippen LogP contribution in [-0.2, 0) is 0 Å². The van der Waals surface area contributed by atoms with Crippen molar-refractivity contribution in [3.63, 3.8) is 0 Å². The van der Waals surface area contributed by atoms with Crippen molar-refractivity contribution in [3.8, 4) is 0 Å². The summed E-state index contributed by atoms with van der Waals surface area (Å²) < 4.78 is 0. The second kappa shape index (κ2) is 8.16. The summed E-state index contributed by atoms with van der Waals surface area (Å²) in [6, 6.07) is 0. The van der Waals surface area contributed by atoms with Crippen LogP contribution in [0.4, 0.5) is 0 Å². The van der Waals surface area contributed by atoms with Gasteiger partial charge in [-0.3, -0.25) is 4.99 Å². The number of unbranched alkanes of at least 4 members (excludes halogenated alkanes) is 5. The summed E-state index contributed by atoms with van der Waals surface area (Å²) in [5, 5.41) is 1.26. The molecule has 0 N–H and O–H groups in total. The number of thioether (sulfide) groups is 1. The van der Waals surface area contributed by atoms with Crippen molar-refractivity contribution < 1.29 is 0 Å². The topological polar surface area (TPSA) is 12.4 Å². The van der Waals surface area contributed by atoms with Gasteiger partial charge in [0.2, 0.25) is 0 Å². The highest BCUT2D eigenvalue weighted by atomic mass is 32.2. The summed E-state index contributed by atoms with van der Waals surface area (Å²) in [5.41, 5.74) is 1.43. The van der Waals surface area contributed by atoms with E-state index in [1.165, 1.54) is 50.7 Å². The van der Waals surface area contributed by atoms with Crippen LogP contribution in [0.2, 0.25) is 0 Å². The molecule has 0 aliphatic carbocycles. The van der Waals surface area contributed by atoms with Gasteiger partial charge in [0.05, 0.1) is 5.37 Å². The van der Waals surface area contributed by atoms with Crippen molar-refractivity contribution in [2.75, 3.05) is 0 Å². The minimum Gasteiger partial charge on any atom is -0.279 e. The second-order valence-electron chi connectivity index (χ2n) is 4.76. The van der Waals surface area contributed by atoms with Crippen LogP contribution in [0.25, 0.3) is 0 Å². The SMILES string of the molecule is CCCCCCCC[C@@H]1N=C(CC)[C@@H](C)S1. The van der Waals surface area contributed by atoms with Crippen LogP contribution in [0.5, 0.6) is 0 Å². The van der Waals surface area contributed by atoms with Crippen molar-refractivity contribution in [1.82, 2.24) is 0 Å². The van der Waals surface area contributed by atoms with E-state index in [4.69, 9.17) is 4.99 Å². The summed E-state index contributed by atoms with van der Waals surface area (Å²) >= 11 is 2.06. The molecule has 1 aliphatic rings. The molecule has 94 valence electrons. The molecule has 1 rings (SSSR count). The minimum atomic E-state index is 0.580. The molecule has 1 heterocycles. The Kier molecular flexibility index (Phi) is 7.18. The van der Waals surface area contributed by atoms with E-state index in [0.717, 1.165) is 6.42 Å². The molecule has 2 atom stereocenters. The zero-order valence-corrected chi connectivity index (χ0v) is 12.0. The summed E-state index contributed by atoms with van der Waals surface area (Å²) in [7, 11) is 0. The summed E-state index contributed by atoms with van der Waals surface area (Å²) in [6.07, 6.45) is 10.8. The van der Waals surface area contributed by atoms with Crippen molar-refractivity contribution >= 4 is 17.5 Å². The summed E-state index contributed by atoms with van der Waals surface area (Å²) in [5.74, 6) is 0. The molecule has 16 heavy (non-hydrogen) atoms. The fraction of sp³-hybridized carbons (Fsp3) is 0.929. The molecular weight excluding hydrogens is 214 g/mol. The maximum absolute atomic E-state index is 4.80. The van der Waals surface area contributed by atoms with Crippen LogP contribution in [-0.4, -0.2) is 16.3 Å². The molecule has 0 radical (unpaired) electrons. The first-order chi connectivity index (χ1) is 7.77. The average Bonchev–Trinajstić information content (AvgIpc) is 2.64. The number of nitrogens with zero attached hydrogens (tertiary/aromatic N) is 1. The van der Waals surface area contributed by atoms with Crippen molar-refractivity contribution in [2.24, 2.45) is 4.99 Å². The van der Waals surface area contributed by atoms with Crippen molar-refractivity contribution in [1.29, 1.82) is 0 Å². The molecular formula is C14H27NS. The Balaban J connectivity index is 2.04. The summed E-state index contributed by atoms with van der Waals surface area (Å²) in [6.45, 7) is 6.80. The quantitative estimate of drug-likeness (QED) is 0.542. The van der Waals surface area contributed by atoms with E-state index in [9.17, 15) is 0 Å². The van der Waals surface area contributed by atoms with E-state index < -0.39 is 0 Å². The van der Waals surface area contributed by atoms with Gasteiger partial charge in [0.1, 0.15) is 0 Å². The largest absolute Gasteiger partial charge is 0.279 e. The van der Waals surface area contributed by atoms with E-state index in [0.29, 0.717) is 10.6 Å². The Morgan fingerprint density at radius 3 is 2.38 bits per heavy atom. The average molecular weight is 241 g/mol. The monoisotopic (exact) mass is 241 g/mol. The number of hydrogen-bond donors (Lipinski definition) is 0. The third-order valence-corrected chi connectivity index (χ3v) is 4.64. The Labute approximate surface area is 105 Å². The first-order valence-corrected chi connectivity index (χ1v) is 7.94. The zero-order chi connectivity index (χ0) is 11.8. The molecule has 0 saturated carbocycles. The van der Waals surface area contributed by atoms with E-state index in [1.807, 2.05) is 0 Å². The Bertz CT molecular complexity index is 213. The van der Waals surface area contributed by atoms with Gasteiger partial charge in [0.15, 0.2) is 0 Å². The molecule has 0 fully saturated rings. The molecule has 0 unspecified atom stereocenters. The van der Waals surface area contributed by atoms with Gasteiger partial charge in [-0.25, -0.2) is 0 Å². The predicted octanol–water partition coefficient (Wildman–Crippen LogP) is 5.05. The van der Waals surface area contributed by atoms with Gasteiger partial charge in [-0.15, -0.1) is 11.8 Å². The smallest absolute Gasteiger partial charge is 0.0957 e. The van der Waals surface area contributed by atoms with Gasteiger partial charge in [0.25, 0.3) is 0 Å². The Hall–Kier alpha value is 0.0200. The molecule has 0 aromatic carbocycles. The molecule has 2 heteroatoms. The molecule has 0 saturated heterocycles. The normalized spacial score (nSPS) is 24.8. The van der Waals surface area contributed by atoms with Gasteiger partial charge in [-0.2, -0.15) is 0 Å². The number of rotatable bonds is 8. The second-order valence-corrected chi connectivity index (χ2v) is 6.29. The highest BCUT2D eigenvalue weighted by Crippen LogP contribution is 2.32. The lowest BCUT2D eigenvalue weighted by molar-refractivity contribution is 0.586. The maximum Gasteiger partial charge on any atom is 0.0957 e. The van der Waals surface area contributed by atoms with E-state index in [2.05, 4.69) is 32.5 Å². The third-order valence-electron chi connectivity index (χ3n) is 3.31. The lowest BCUT2D eigenvalue weighted by Crippen LogP contribution is -2.06. The van der Waals surface area contributed by atoms with Gasteiger partial charge in [0, 0.05) is 11.0 Å². The fourth-order valence-electron chi connectivity index (χ4n) is 2.25. The lowest BCUT2D eigenvalue weighted by Gasteiger charge is -2.07. The van der Waals surface area contributed by atoms with Crippen molar-refractivity contribution in [2.45, 2.75) is 82.8 Å². The van der Waals surface area contributed by atoms with Crippen LogP contribution in [0.15, 0.2) is 4.99 Å². The Morgan fingerprint density at radius 2 is 1.75 bits per heavy atom. The van der Waals surface area contributed by atoms with Gasteiger partial charge in [-0.1, -0.05) is 52.4 Å². The third kappa shape index (κ3) is 4.90. The highest BCUT2D eigenvalue weighted by molar-refractivity contribution is 8.01. The summed E-state index contributed by atoms with van der Waals surface area (Å²) in [4.78, 5) is 4.80.